The van der Waals surface area contributed by atoms with Crippen molar-refractivity contribution in [3.63, 3.8) is 0 Å². The zero-order valence-electron chi connectivity index (χ0n) is 22.3. The van der Waals surface area contributed by atoms with Crippen LogP contribution in [0.5, 0.6) is 5.75 Å². The molecular formula is C31H30Br2O6. The third-order valence-corrected chi connectivity index (χ3v) is 8.70. The number of hydrogen-bond acceptors (Lipinski definition) is 5. The molecule has 204 valence electrons. The number of halogens is 2. The van der Waals surface area contributed by atoms with E-state index in [1.165, 1.54) is 0 Å². The number of rotatable bonds is 5. The number of ketones is 2. The van der Waals surface area contributed by atoms with Crippen LogP contribution in [0.1, 0.15) is 80.8 Å². The van der Waals surface area contributed by atoms with Crippen molar-refractivity contribution in [2.24, 2.45) is 10.8 Å². The number of benzene rings is 2. The molecule has 1 N–H and O–H groups in total. The summed E-state index contributed by atoms with van der Waals surface area (Å²) in [5.74, 6) is 0.504. The molecule has 6 nitrogen and oxygen atoms in total. The van der Waals surface area contributed by atoms with Crippen LogP contribution in [-0.2, 0) is 20.9 Å². The normalized spacial score (nSPS) is 20.4. The maximum atomic E-state index is 13.5. The Hall–Kier alpha value is -2.71. The Balaban J connectivity index is 1.52. The Morgan fingerprint density at radius 1 is 0.897 bits per heavy atom. The van der Waals surface area contributed by atoms with Crippen molar-refractivity contribution >= 4 is 49.4 Å². The van der Waals surface area contributed by atoms with Gasteiger partial charge in [0.2, 0.25) is 0 Å². The lowest BCUT2D eigenvalue weighted by atomic mass is 9.65. The van der Waals surface area contributed by atoms with E-state index in [9.17, 15) is 14.4 Å². The van der Waals surface area contributed by atoms with Gasteiger partial charge < -0.3 is 14.6 Å². The molecule has 0 unspecified atom stereocenters. The lowest BCUT2D eigenvalue weighted by Gasteiger charge is -2.42. The molecule has 1 heterocycles. The fourth-order valence-electron chi connectivity index (χ4n) is 5.79. The van der Waals surface area contributed by atoms with E-state index in [1.54, 1.807) is 24.3 Å². The van der Waals surface area contributed by atoms with Gasteiger partial charge in [0.1, 0.15) is 23.9 Å². The summed E-state index contributed by atoms with van der Waals surface area (Å²) in [5.41, 5.74) is 2.60. The highest BCUT2D eigenvalue weighted by atomic mass is 79.9. The molecule has 39 heavy (non-hydrogen) atoms. The van der Waals surface area contributed by atoms with Crippen LogP contribution >= 0.6 is 31.9 Å². The zero-order valence-corrected chi connectivity index (χ0v) is 25.5. The predicted molar refractivity (Wildman–Crippen MR) is 153 cm³/mol. The fourth-order valence-corrected chi connectivity index (χ4v) is 7.24. The van der Waals surface area contributed by atoms with E-state index in [4.69, 9.17) is 14.6 Å². The van der Waals surface area contributed by atoms with Crippen LogP contribution in [-0.4, -0.2) is 22.6 Å². The monoisotopic (exact) mass is 656 g/mol. The van der Waals surface area contributed by atoms with Gasteiger partial charge in [-0.25, -0.2) is 4.79 Å². The van der Waals surface area contributed by atoms with E-state index in [-0.39, 0.29) is 34.6 Å². The van der Waals surface area contributed by atoms with Crippen molar-refractivity contribution < 1.29 is 29.0 Å². The Kier molecular flexibility index (Phi) is 7.17. The number of carbonyl (C=O) groups excluding carboxylic acids is 2. The van der Waals surface area contributed by atoms with Crippen molar-refractivity contribution in [3.05, 3.63) is 84.7 Å². The van der Waals surface area contributed by atoms with Gasteiger partial charge >= 0.3 is 5.97 Å². The number of aromatic carboxylic acids is 1. The second kappa shape index (κ2) is 10.0. The maximum absolute atomic E-state index is 13.5. The number of carbonyl (C=O) groups is 3. The molecule has 2 aliphatic carbocycles. The van der Waals surface area contributed by atoms with Gasteiger partial charge in [-0.15, -0.1) is 0 Å². The minimum absolute atomic E-state index is 0.0211. The third kappa shape index (κ3) is 5.50. The lowest BCUT2D eigenvalue weighted by Crippen LogP contribution is -2.37. The van der Waals surface area contributed by atoms with E-state index >= 15 is 0 Å². The molecule has 2 aromatic carbocycles. The van der Waals surface area contributed by atoms with Crippen LogP contribution in [0.4, 0.5) is 0 Å². The first-order valence-electron chi connectivity index (χ1n) is 12.9. The van der Waals surface area contributed by atoms with Crippen LogP contribution in [0.15, 0.2) is 68.0 Å². The van der Waals surface area contributed by atoms with Gasteiger partial charge in [-0.3, -0.25) is 9.59 Å². The SMILES string of the molecule is CC1(C)CC(=O)C2=C(C1)OC1=C(C(=O)CC(C)(C)C1)C2c1cc(Br)c(OCc2ccc(C(=O)O)cc2)c(Br)c1. The van der Waals surface area contributed by atoms with Crippen LogP contribution in [0, 0.1) is 10.8 Å². The molecule has 0 saturated carbocycles. The Labute approximate surface area is 244 Å². The highest BCUT2D eigenvalue weighted by Crippen LogP contribution is 2.54. The van der Waals surface area contributed by atoms with Gasteiger partial charge in [-0.2, -0.15) is 0 Å². The van der Waals surface area contributed by atoms with Crippen LogP contribution in [0.3, 0.4) is 0 Å². The fraction of sp³-hybridized carbons (Fsp3) is 0.387. The first-order chi connectivity index (χ1) is 18.2. The topological polar surface area (TPSA) is 89.9 Å². The lowest BCUT2D eigenvalue weighted by molar-refractivity contribution is -0.120. The molecule has 0 saturated heterocycles. The molecule has 0 spiro atoms. The molecule has 5 rings (SSSR count). The molecule has 0 radical (unpaired) electrons. The quantitative estimate of drug-likeness (QED) is 0.352. The second-order valence-electron chi connectivity index (χ2n) is 12.2. The minimum atomic E-state index is -0.978. The molecule has 0 fully saturated rings. The van der Waals surface area contributed by atoms with E-state index in [0.717, 1.165) is 11.1 Å². The van der Waals surface area contributed by atoms with Crippen molar-refractivity contribution in [3.8, 4) is 5.75 Å². The second-order valence-corrected chi connectivity index (χ2v) is 13.9. The number of carboxylic acid groups (broad SMARTS) is 1. The summed E-state index contributed by atoms with van der Waals surface area (Å²) in [6.45, 7) is 8.52. The first kappa shape index (κ1) is 27.8. The highest BCUT2D eigenvalue weighted by Gasteiger charge is 2.48. The summed E-state index contributed by atoms with van der Waals surface area (Å²) in [6, 6.07) is 10.4. The van der Waals surface area contributed by atoms with Gasteiger partial charge in [0.15, 0.2) is 11.6 Å². The number of carboxylic acids is 1. The number of allylic oxidation sites excluding steroid dienone is 4. The summed E-state index contributed by atoms with van der Waals surface area (Å²) in [6.07, 6.45) is 2.08. The summed E-state index contributed by atoms with van der Waals surface area (Å²) in [5, 5.41) is 9.12. The average Bonchev–Trinajstić information content (AvgIpc) is 2.80. The average molecular weight is 658 g/mol. The van der Waals surface area contributed by atoms with Gasteiger partial charge in [-0.1, -0.05) is 39.8 Å². The molecule has 0 amide bonds. The van der Waals surface area contributed by atoms with E-state index in [1.807, 2.05) is 12.1 Å². The molecule has 0 atom stereocenters. The van der Waals surface area contributed by atoms with Gasteiger partial charge in [0, 0.05) is 42.7 Å². The number of hydrogen-bond donors (Lipinski definition) is 1. The predicted octanol–water partition coefficient (Wildman–Crippen LogP) is 7.89. The van der Waals surface area contributed by atoms with Crippen LogP contribution in [0.2, 0.25) is 0 Å². The molecule has 8 heteroatoms. The molecule has 3 aliphatic rings. The smallest absolute Gasteiger partial charge is 0.335 e. The van der Waals surface area contributed by atoms with Crippen molar-refractivity contribution in [2.75, 3.05) is 0 Å². The van der Waals surface area contributed by atoms with E-state index < -0.39 is 11.9 Å². The Morgan fingerprint density at radius 3 is 1.85 bits per heavy atom. The molecule has 0 aromatic heterocycles. The standard InChI is InChI=1S/C31H30Br2O6/c1-30(2)11-21(34)26-23(13-30)39-24-14-31(3,4)12-22(35)27(24)25(26)18-9-19(32)28(20(33)10-18)38-15-16-5-7-17(8-6-16)29(36)37/h5-10,25H,11-15H2,1-4H3,(H,36,37). The molecular weight excluding hydrogens is 628 g/mol. The Morgan fingerprint density at radius 2 is 1.38 bits per heavy atom. The highest BCUT2D eigenvalue weighted by molar-refractivity contribution is 9.11. The maximum Gasteiger partial charge on any atom is 0.335 e. The number of ether oxygens (including phenoxy) is 2. The first-order valence-corrected chi connectivity index (χ1v) is 14.5. The molecule has 1 aliphatic heterocycles. The van der Waals surface area contributed by atoms with Crippen LogP contribution < -0.4 is 4.74 Å². The van der Waals surface area contributed by atoms with E-state index in [0.29, 0.717) is 63.0 Å². The van der Waals surface area contributed by atoms with Crippen molar-refractivity contribution in [1.29, 1.82) is 0 Å². The summed E-state index contributed by atoms with van der Waals surface area (Å²) >= 11 is 7.29. The number of Topliss-reactive ketones (excluding diaryl/α,β-unsaturated/α-hetero) is 2. The van der Waals surface area contributed by atoms with Gasteiger partial charge in [-0.05, 0) is 78.1 Å². The van der Waals surface area contributed by atoms with Gasteiger partial charge in [0.05, 0.1) is 14.5 Å². The largest absolute Gasteiger partial charge is 0.487 e. The minimum Gasteiger partial charge on any atom is -0.487 e. The summed E-state index contributed by atoms with van der Waals surface area (Å²) in [7, 11) is 0. The van der Waals surface area contributed by atoms with E-state index in [2.05, 4.69) is 59.6 Å². The van der Waals surface area contributed by atoms with Gasteiger partial charge in [0.25, 0.3) is 0 Å². The summed E-state index contributed by atoms with van der Waals surface area (Å²) < 4.78 is 13.8. The van der Waals surface area contributed by atoms with Crippen molar-refractivity contribution in [1.82, 2.24) is 0 Å². The third-order valence-electron chi connectivity index (χ3n) is 7.52. The van der Waals surface area contributed by atoms with Crippen LogP contribution in [0.25, 0.3) is 0 Å². The van der Waals surface area contributed by atoms with Crippen molar-refractivity contribution in [2.45, 2.75) is 65.9 Å². The Bertz CT molecular complexity index is 1390. The zero-order chi connectivity index (χ0) is 28.3. The summed E-state index contributed by atoms with van der Waals surface area (Å²) in [4.78, 5) is 38.2. The molecule has 2 aromatic rings. The molecule has 0 bridgehead atoms.